The minimum absolute atomic E-state index is 0.0723. The fourth-order valence-electron chi connectivity index (χ4n) is 5.06. The Morgan fingerprint density at radius 3 is 2.38 bits per heavy atom. The van der Waals surface area contributed by atoms with Gasteiger partial charge in [0.1, 0.15) is 5.82 Å². The number of hydrogen-bond acceptors (Lipinski definition) is 4. The fourth-order valence-corrected chi connectivity index (χ4v) is 5.06. The molecule has 1 saturated heterocycles. The highest BCUT2D eigenvalue weighted by Crippen LogP contribution is 2.27. The summed E-state index contributed by atoms with van der Waals surface area (Å²) in [6, 6.07) is 14.2. The van der Waals surface area contributed by atoms with Crippen molar-refractivity contribution in [1.29, 1.82) is 0 Å². The molecule has 4 rings (SSSR count). The van der Waals surface area contributed by atoms with Crippen molar-refractivity contribution in [3.8, 4) is 0 Å². The Hall–Kier alpha value is -2.89. The van der Waals surface area contributed by atoms with Crippen LogP contribution in [0.15, 0.2) is 48.7 Å². The summed E-state index contributed by atoms with van der Waals surface area (Å²) in [7, 11) is 0. The Labute approximate surface area is 203 Å². The number of pyridine rings is 1. The molecular weight excluding hydrogens is 424 g/mol. The van der Waals surface area contributed by atoms with Crippen LogP contribution in [0.25, 0.3) is 0 Å². The zero-order valence-corrected chi connectivity index (χ0v) is 20.3. The number of unbranched alkanes of at least 4 members (excludes halogenated alkanes) is 1. The van der Waals surface area contributed by atoms with Gasteiger partial charge in [0.15, 0.2) is 0 Å². The second-order valence-corrected chi connectivity index (χ2v) is 9.68. The third-order valence-electron chi connectivity index (χ3n) is 7.18. The summed E-state index contributed by atoms with van der Waals surface area (Å²) in [6.07, 6.45) is 11.7. The Kier molecular flexibility index (Phi) is 8.94. The standard InChI is InChI=1S/C28H38N4O2/c33-27(21-24-12-5-2-6-13-24)32-19-17-31(18-20-32)26-15-14-25(22-30-26)28(34)29-16-8-7-11-23-9-3-1-4-10-23/h1,3-4,9-10,14-15,22,24H,2,5-8,11-13,16-21H2,(H,29,34). The van der Waals surface area contributed by atoms with E-state index in [2.05, 4.69) is 39.5 Å². The number of aryl methyl sites for hydroxylation is 1. The molecule has 2 heterocycles. The van der Waals surface area contributed by atoms with E-state index < -0.39 is 0 Å². The lowest BCUT2D eigenvalue weighted by Crippen LogP contribution is -2.49. The third-order valence-corrected chi connectivity index (χ3v) is 7.18. The largest absolute Gasteiger partial charge is 0.353 e. The van der Waals surface area contributed by atoms with E-state index >= 15 is 0 Å². The van der Waals surface area contributed by atoms with Crippen LogP contribution >= 0.6 is 0 Å². The maximum atomic E-state index is 12.7. The quantitative estimate of drug-likeness (QED) is 0.559. The Bertz CT molecular complexity index is 902. The third kappa shape index (κ3) is 7.05. The molecule has 1 aromatic carbocycles. The molecule has 1 aromatic heterocycles. The van der Waals surface area contributed by atoms with Crippen LogP contribution in [0.1, 0.15) is 67.3 Å². The SMILES string of the molecule is O=C(NCCCCc1ccccc1)c1ccc(N2CCN(C(=O)CC3CCCCC3)CC2)nc1. The number of hydrogen-bond donors (Lipinski definition) is 1. The van der Waals surface area contributed by atoms with Gasteiger partial charge in [-0.15, -0.1) is 0 Å². The fraction of sp³-hybridized carbons (Fsp3) is 0.536. The van der Waals surface area contributed by atoms with Crippen molar-refractivity contribution in [1.82, 2.24) is 15.2 Å². The van der Waals surface area contributed by atoms with E-state index in [0.717, 1.165) is 51.3 Å². The summed E-state index contributed by atoms with van der Waals surface area (Å²) in [4.78, 5) is 33.9. The lowest BCUT2D eigenvalue weighted by atomic mass is 9.86. The van der Waals surface area contributed by atoms with Crippen molar-refractivity contribution < 1.29 is 9.59 Å². The second kappa shape index (κ2) is 12.5. The van der Waals surface area contributed by atoms with Crippen LogP contribution in [-0.2, 0) is 11.2 Å². The predicted octanol–water partition coefficient (Wildman–Crippen LogP) is 4.45. The number of piperazine rings is 1. The van der Waals surface area contributed by atoms with Crippen LogP contribution in [0.2, 0.25) is 0 Å². The molecule has 34 heavy (non-hydrogen) atoms. The van der Waals surface area contributed by atoms with Crippen LogP contribution in [0.4, 0.5) is 5.82 Å². The van der Waals surface area contributed by atoms with Crippen molar-refractivity contribution in [3.05, 3.63) is 59.8 Å². The summed E-state index contributed by atoms with van der Waals surface area (Å²) < 4.78 is 0. The number of carbonyl (C=O) groups is 2. The van der Waals surface area contributed by atoms with Gasteiger partial charge in [-0.3, -0.25) is 9.59 Å². The summed E-state index contributed by atoms with van der Waals surface area (Å²) in [6.45, 7) is 3.74. The van der Waals surface area contributed by atoms with Crippen LogP contribution < -0.4 is 10.2 Å². The number of carbonyl (C=O) groups excluding carboxylic acids is 2. The van der Waals surface area contributed by atoms with E-state index in [1.54, 1.807) is 6.20 Å². The number of aromatic nitrogens is 1. The lowest BCUT2D eigenvalue weighted by molar-refractivity contribution is -0.132. The molecule has 0 bridgehead atoms. The first-order chi connectivity index (χ1) is 16.7. The first-order valence-corrected chi connectivity index (χ1v) is 13.0. The predicted molar refractivity (Wildman–Crippen MR) is 136 cm³/mol. The van der Waals surface area contributed by atoms with Gasteiger partial charge in [0.05, 0.1) is 5.56 Å². The molecule has 2 amide bonds. The Balaban J connectivity index is 1.15. The zero-order chi connectivity index (χ0) is 23.6. The molecule has 6 nitrogen and oxygen atoms in total. The molecule has 182 valence electrons. The van der Waals surface area contributed by atoms with Crippen LogP contribution in [0.3, 0.4) is 0 Å². The Morgan fingerprint density at radius 1 is 0.912 bits per heavy atom. The minimum atomic E-state index is -0.0723. The average molecular weight is 463 g/mol. The van der Waals surface area contributed by atoms with Crippen molar-refractivity contribution in [2.24, 2.45) is 5.92 Å². The molecule has 0 spiro atoms. The van der Waals surface area contributed by atoms with Gasteiger partial charge in [-0.1, -0.05) is 49.6 Å². The number of rotatable bonds is 9. The molecule has 2 fully saturated rings. The monoisotopic (exact) mass is 462 g/mol. The van der Waals surface area contributed by atoms with Gasteiger partial charge in [0.2, 0.25) is 5.91 Å². The molecule has 6 heteroatoms. The first-order valence-electron chi connectivity index (χ1n) is 13.0. The van der Waals surface area contributed by atoms with Gasteiger partial charge >= 0.3 is 0 Å². The second-order valence-electron chi connectivity index (χ2n) is 9.68. The van der Waals surface area contributed by atoms with Crippen molar-refractivity contribution in [2.75, 3.05) is 37.6 Å². The van der Waals surface area contributed by atoms with Crippen molar-refractivity contribution in [3.63, 3.8) is 0 Å². The van der Waals surface area contributed by atoms with E-state index in [4.69, 9.17) is 0 Å². The Morgan fingerprint density at radius 2 is 1.68 bits per heavy atom. The molecule has 0 atom stereocenters. The molecule has 1 saturated carbocycles. The highest BCUT2D eigenvalue weighted by atomic mass is 16.2. The summed E-state index contributed by atoms with van der Waals surface area (Å²) in [5.41, 5.74) is 1.93. The summed E-state index contributed by atoms with van der Waals surface area (Å²) in [5.74, 6) is 1.70. The number of nitrogens with one attached hydrogen (secondary N) is 1. The van der Waals surface area contributed by atoms with Crippen LogP contribution in [0, 0.1) is 5.92 Å². The van der Waals surface area contributed by atoms with Crippen molar-refractivity contribution >= 4 is 17.6 Å². The molecular formula is C28H38N4O2. The number of anilines is 1. The van der Waals surface area contributed by atoms with Gasteiger partial charge in [0.25, 0.3) is 5.91 Å². The van der Waals surface area contributed by atoms with E-state index in [1.807, 2.05) is 23.1 Å². The smallest absolute Gasteiger partial charge is 0.252 e. The molecule has 0 unspecified atom stereocenters. The van der Waals surface area contributed by atoms with E-state index in [1.165, 1.54) is 37.7 Å². The molecule has 1 N–H and O–H groups in total. The van der Waals surface area contributed by atoms with E-state index in [9.17, 15) is 9.59 Å². The van der Waals surface area contributed by atoms with Crippen LogP contribution in [0.5, 0.6) is 0 Å². The maximum Gasteiger partial charge on any atom is 0.252 e. The molecule has 2 aliphatic rings. The van der Waals surface area contributed by atoms with E-state index in [0.29, 0.717) is 30.4 Å². The molecule has 1 aliphatic heterocycles. The minimum Gasteiger partial charge on any atom is -0.353 e. The van der Waals surface area contributed by atoms with E-state index in [-0.39, 0.29) is 5.91 Å². The first kappa shape index (κ1) is 24.2. The van der Waals surface area contributed by atoms with Gasteiger partial charge in [-0.25, -0.2) is 4.98 Å². The van der Waals surface area contributed by atoms with Gasteiger partial charge < -0.3 is 15.1 Å². The number of amides is 2. The normalized spacial score (nSPS) is 16.9. The topological polar surface area (TPSA) is 65.5 Å². The van der Waals surface area contributed by atoms with Crippen molar-refractivity contribution in [2.45, 2.75) is 57.8 Å². The summed E-state index contributed by atoms with van der Waals surface area (Å²) in [5, 5.41) is 3.00. The van der Waals surface area contributed by atoms with Gasteiger partial charge in [-0.05, 0) is 55.7 Å². The summed E-state index contributed by atoms with van der Waals surface area (Å²) >= 11 is 0. The molecule has 2 aromatic rings. The number of benzene rings is 1. The van der Waals surface area contributed by atoms with Crippen LogP contribution in [-0.4, -0.2) is 54.4 Å². The maximum absolute atomic E-state index is 12.7. The average Bonchev–Trinajstić information content (AvgIpc) is 2.90. The highest BCUT2D eigenvalue weighted by molar-refractivity contribution is 5.94. The number of nitrogens with zero attached hydrogens (tertiary/aromatic N) is 3. The zero-order valence-electron chi connectivity index (χ0n) is 20.3. The highest BCUT2D eigenvalue weighted by Gasteiger charge is 2.25. The molecule has 0 radical (unpaired) electrons. The van der Waals surface area contributed by atoms with Gasteiger partial charge in [-0.2, -0.15) is 0 Å². The van der Waals surface area contributed by atoms with Gasteiger partial charge in [0, 0.05) is 45.3 Å². The lowest BCUT2D eigenvalue weighted by Gasteiger charge is -2.36. The molecule has 1 aliphatic carbocycles.